The van der Waals surface area contributed by atoms with Crippen molar-refractivity contribution in [3.8, 4) is 17.0 Å². The quantitative estimate of drug-likeness (QED) is 0.547. The van der Waals surface area contributed by atoms with Crippen LogP contribution < -0.4 is 4.74 Å². The molecule has 0 radical (unpaired) electrons. The monoisotopic (exact) mass is 500 g/mol. The van der Waals surface area contributed by atoms with Crippen LogP contribution in [0.1, 0.15) is 29.5 Å². The van der Waals surface area contributed by atoms with Gasteiger partial charge in [0.25, 0.3) is 0 Å². The molecule has 2 aromatic carbocycles. The fraction of sp³-hybridized carbons (Fsp3) is 0.385. The van der Waals surface area contributed by atoms with Gasteiger partial charge in [0.15, 0.2) is 0 Å². The number of aromatic amines is 1. The molecule has 5 rings (SSSR count). The highest BCUT2D eigenvalue weighted by Gasteiger charge is 2.35. The molecule has 2 aliphatic heterocycles. The second-order valence-electron chi connectivity index (χ2n) is 9.11. The number of nitrogens with zero attached hydrogens (tertiary/aromatic N) is 3. The number of nitrogens with one attached hydrogen (secondary N) is 1. The Balaban J connectivity index is 1.39. The number of H-pyrrole nitrogens is 1. The van der Waals surface area contributed by atoms with Crippen LogP contribution in [-0.4, -0.2) is 71.8 Å². The molecule has 1 aromatic heterocycles. The molecule has 3 heterocycles. The van der Waals surface area contributed by atoms with Crippen molar-refractivity contribution in [1.82, 2.24) is 20.0 Å². The maximum atomic E-state index is 13.4. The number of alkyl halides is 3. The van der Waals surface area contributed by atoms with Crippen LogP contribution in [0.4, 0.5) is 18.0 Å². The maximum absolute atomic E-state index is 13.4. The lowest BCUT2D eigenvalue weighted by molar-refractivity contribution is -0.274. The molecule has 1 N–H and O–H groups in total. The third kappa shape index (κ3) is 5.64. The Kier molecular flexibility index (Phi) is 6.86. The normalized spacial score (nSPS) is 20.9. The van der Waals surface area contributed by atoms with E-state index in [1.54, 1.807) is 17.0 Å². The van der Waals surface area contributed by atoms with Crippen molar-refractivity contribution >= 4 is 6.03 Å². The van der Waals surface area contributed by atoms with E-state index in [1.807, 2.05) is 41.3 Å². The van der Waals surface area contributed by atoms with Gasteiger partial charge in [0.2, 0.25) is 0 Å². The molecule has 2 fully saturated rings. The highest BCUT2D eigenvalue weighted by atomic mass is 19.4. The molecule has 2 aliphatic rings. The van der Waals surface area contributed by atoms with Crippen LogP contribution in [0.5, 0.6) is 5.75 Å². The molecule has 2 saturated heterocycles. The average Bonchev–Trinajstić information content (AvgIpc) is 3.39. The van der Waals surface area contributed by atoms with Crippen LogP contribution in [-0.2, 0) is 4.74 Å². The maximum Gasteiger partial charge on any atom is 0.573 e. The first kappa shape index (κ1) is 24.2. The van der Waals surface area contributed by atoms with E-state index in [2.05, 4.69) is 14.9 Å². The molecule has 7 nitrogen and oxygen atoms in total. The fourth-order valence-electron chi connectivity index (χ4n) is 4.92. The predicted octanol–water partition coefficient (Wildman–Crippen LogP) is 5.00. The summed E-state index contributed by atoms with van der Waals surface area (Å²) in [6, 6.07) is 17.7. The lowest BCUT2D eigenvalue weighted by Crippen LogP contribution is -2.52. The Labute approximate surface area is 206 Å². The first-order chi connectivity index (χ1) is 17.4. The van der Waals surface area contributed by atoms with Gasteiger partial charge < -0.3 is 19.3 Å². The van der Waals surface area contributed by atoms with Crippen LogP contribution in [0, 0.1) is 0 Å². The molecule has 36 heavy (non-hydrogen) atoms. The summed E-state index contributed by atoms with van der Waals surface area (Å²) in [5.74, 6) is -0.331. The van der Waals surface area contributed by atoms with E-state index in [0.717, 1.165) is 28.9 Å². The van der Waals surface area contributed by atoms with Crippen molar-refractivity contribution in [1.29, 1.82) is 0 Å². The van der Waals surface area contributed by atoms with Crippen LogP contribution in [0.3, 0.4) is 0 Å². The molecule has 0 spiro atoms. The Bertz CT molecular complexity index is 1160. The molecule has 190 valence electrons. The van der Waals surface area contributed by atoms with E-state index in [0.29, 0.717) is 39.4 Å². The number of carbonyl (C=O) groups excluding carboxylic acids is 1. The number of carbonyl (C=O) groups is 1. The van der Waals surface area contributed by atoms with Gasteiger partial charge >= 0.3 is 12.4 Å². The zero-order valence-electron chi connectivity index (χ0n) is 19.6. The number of hydrogen-bond donors (Lipinski definition) is 1. The van der Waals surface area contributed by atoms with Gasteiger partial charge in [-0.05, 0) is 30.2 Å². The van der Waals surface area contributed by atoms with Gasteiger partial charge in [-0.25, -0.2) is 4.79 Å². The van der Waals surface area contributed by atoms with Crippen LogP contribution in [0.2, 0.25) is 0 Å². The Morgan fingerprint density at radius 2 is 1.67 bits per heavy atom. The minimum Gasteiger partial charge on any atom is -0.406 e. The van der Waals surface area contributed by atoms with Gasteiger partial charge in [0, 0.05) is 49.3 Å². The number of aromatic nitrogens is 2. The predicted molar refractivity (Wildman–Crippen MR) is 127 cm³/mol. The minimum absolute atomic E-state index is 0.00944. The van der Waals surface area contributed by atoms with Crippen LogP contribution in [0.15, 0.2) is 60.7 Å². The zero-order chi connectivity index (χ0) is 25.1. The van der Waals surface area contributed by atoms with Crippen LogP contribution >= 0.6 is 0 Å². The third-order valence-electron chi connectivity index (χ3n) is 6.69. The van der Waals surface area contributed by atoms with Crippen molar-refractivity contribution < 1.29 is 27.4 Å². The molecular formula is C26H27F3N4O3. The number of amides is 2. The van der Waals surface area contributed by atoms with E-state index in [-0.39, 0.29) is 23.6 Å². The van der Waals surface area contributed by atoms with Crippen molar-refractivity contribution in [3.05, 3.63) is 71.9 Å². The topological polar surface area (TPSA) is 70.7 Å². The molecule has 0 aliphatic carbocycles. The standard InChI is InChI=1S/C26H27F3N4O3/c27-26(28,29)36-22-8-6-18(7-9-22)20-14-21(17-33(16-20)25(34)32-10-12-35-13-11-32)24-15-23(30-31-24)19-4-2-1-3-5-19/h1-9,15,20-21H,10-14,16-17H2,(H,30,31). The smallest absolute Gasteiger partial charge is 0.406 e. The third-order valence-corrected chi connectivity index (χ3v) is 6.69. The Morgan fingerprint density at radius 1 is 0.972 bits per heavy atom. The van der Waals surface area contributed by atoms with Crippen molar-refractivity contribution in [2.45, 2.75) is 24.6 Å². The first-order valence-corrected chi connectivity index (χ1v) is 11.9. The van der Waals surface area contributed by atoms with Gasteiger partial charge in [-0.2, -0.15) is 5.10 Å². The van der Waals surface area contributed by atoms with E-state index >= 15 is 0 Å². The molecule has 2 amide bonds. The number of piperidine rings is 1. The molecular weight excluding hydrogens is 473 g/mol. The molecule has 0 bridgehead atoms. The number of urea groups is 1. The number of morpholine rings is 1. The lowest BCUT2D eigenvalue weighted by atomic mass is 9.83. The number of likely N-dealkylation sites (tertiary alicyclic amines) is 1. The summed E-state index contributed by atoms with van der Waals surface area (Å²) < 4.78 is 47.2. The second kappa shape index (κ2) is 10.2. The first-order valence-electron chi connectivity index (χ1n) is 11.9. The van der Waals surface area contributed by atoms with Crippen molar-refractivity contribution in [2.75, 3.05) is 39.4 Å². The molecule has 2 atom stereocenters. The second-order valence-corrected chi connectivity index (χ2v) is 9.11. The Morgan fingerprint density at radius 3 is 2.36 bits per heavy atom. The summed E-state index contributed by atoms with van der Waals surface area (Å²) in [6.45, 7) is 3.10. The minimum atomic E-state index is -4.74. The van der Waals surface area contributed by atoms with E-state index in [1.165, 1.54) is 12.1 Å². The number of benzene rings is 2. The summed E-state index contributed by atoms with van der Waals surface area (Å²) in [4.78, 5) is 17.0. The van der Waals surface area contributed by atoms with E-state index in [9.17, 15) is 18.0 Å². The average molecular weight is 501 g/mol. The van der Waals surface area contributed by atoms with Gasteiger partial charge in [0.1, 0.15) is 5.75 Å². The van der Waals surface area contributed by atoms with Gasteiger partial charge in [-0.3, -0.25) is 5.10 Å². The lowest BCUT2D eigenvalue weighted by Gasteiger charge is -2.41. The summed E-state index contributed by atoms with van der Waals surface area (Å²) >= 11 is 0. The molecule has 2 unspecified atom stereocenters. The highest BCUT2D eigenvalue weighted by Crippen LogP contribution is 2.37. The zero-order valence-corrected chi connectivity index (χ0v) is 19.6. The summed E-state index contributed by atoms with van der Waals surface area (Å²) in [5.41, 5.74) is 3.61. The molecule has 0 saturated carbocycles. The summed E-state index contributed by atoms with van der Waals surface area (Å²) in [7, 11) is 0. The van der Waals surface area contributed by atoms with E-state index in [4.69, 9.17) is 4.74 Å². The summed E-state index contributed by atoms with van der Waals surface area (Å²) in [5, 5.41) is 7.64. The molecule has 3 aromatic rings. The number of ether oxygens (including phenoxy) is 2. The van der Waals surface area contributed by atoms with Gasteiger partial charge in [-0.1, -0.05) is 42.5 Å². The van der Waals surface area contributed by atoms with E-state index < -0.39 is 6.36 Å². The SMILES string of the molecule is O=C(N1CCOCC1)N1CC(c2ccc(OC(F)(F)F)cc2)CC(c2cc(-c3ccccc3)n[nH]2)C1. The van der Waals surface area contributed by atoms with Crippen molar-refractivity contribution in [2.24, 2.45) is 0 Å². The number of halogens is 3. The number of rotatable bonds is 4. The molecule has 10 heteroatoms. The summed E-state index contributed by atoms with van der Waals surface area (Å²) in [6.07, 6.45) is -4.02. The fourth-order valence-corrected chi connectivity index (χ4v) is 4.92. The van der Waals surface area contributed by atoms with Gasteiger partial charge in [-0.15, -0.1) is 13.2 Å². The van der Waals surface area contributed by atoms with Crippen LogP contribution in [0.25, 0.3) is 11.3 Å². The Hall–Kier alpha value is -3.53. The number of hydrogen-bond acceptors (Lipinski definition) is 4. The largest absolute Gasteiger partial charge is 0.573 e. The van der Waals surface area contributed by atoms with Gasteiger partial charge in [0.05, 0.1) is 18.9 Å². The van der Waals surface area contributed by atoms with Crippen molar-refractivity contribution in [3.63, 3.8) is 0 Å². The highest BCUT2D eigenvalue weighted by molar-refractivity contribution is 5.75.